The van der Waals surface area contributed by atoms with Gasteiger partial charge in [-0.25, -0.2) is 4.98 Å². The van der Waals surface area contributed by atoms with E-state index in [1.165, 1.54) is 0 Å². The Labute approximate surface area is 157 Å². The van der Waals surface area contributed by atoms with E-state index in [0.29, 0.717) is 12.1 Å². The average molecular weight is 360 g/mol. The van der Waals surface area contributed by atoms with Gasteiger partial charge in [-0.05, 0) is 37.1 Å². The molecule has 2 atom stereocenters. The summed E-state index contributed by atoms with van der Waals surface area (Å²) in [6.07, 6.45) is 3.47. The zero-order valence-electron chi connectivity index (χ0n) is 14.8. The Hall–Kier alpha value is -2.99. The van der Waals surface area contributed by atoms with E-state index < -0.39 is 0 Å². The number of para-hydroxylation sites is 3. The van der Waals surface area contributed by atoms with Gasteiger partial charge in [-0.2, -0.15) is 0 Å². The second-order valence-corrected chi connectivity index (χ2v) is 6.97. The minimum absolute atomic E-state index is 0.000177. The standard InChI is InChI=1S/C21H20N4O2/c26-21-15-7-1-2-8-16(15)24-20(25(21)13-14-6-5-11-27-14)19-12-22-17-9-3-4-10-18(17)23-19/h1-4,7-10,12,14,20,24H,5-6,11,13H2. The molecule has 1 aromatic heterocycles. The van der Waals surface area contributed by atoms with E-state index in [1.807, 2.05) is 53.4 Å². The monoisotopic (exact) mass is 360 g/mol. The van der Waals surface area contributed by atoms with Gasteiger partial charge in [-0.1, -0.05) is 24.3 Å². The fraction of sp³-hybridized carbons (Fsp3) is 0.286. The van der Waals surface area contributed by atoms with E-state index in [-0.39, 0.29) is 18.2 Å². The maximum Gasteiger partial charge on any atom is 0.257 e. The molecule has 0 bridgehead atoms. The number of rotatable bonds is 3. The van der Waals surface area contributed by atoms with Gasteiger partial charge in [-0.3, -0.25) is 9.78 Å². The van der Waals surface area contributed by atoms with Gasteiger partial charge in [-0.15, -0.1) is 0 Å². The van der Waals surface area contributed by atoms with Crippen molar-refractivity contribution in [3.8, 4) is 0 Å². The number of carbonyl (C=O) groups is 1. The molecule has 1 amide bonds. The van der Waals surface area contributed by atoms with Crippen molar-refractivity contribution in [3.63, 3.8) is 0 Å². The first kappa shape index (κ1) is 16.2. The van der Waals surface area contributed by atoms with Crippen molar-refractivity contribution in [1.29, 1.82) is 0 Å². The quantitative estimate of drug-likeness (QED) is 0.776. The van der Waals surface area contributed by atoms with Gasteiger partial charge < -0.3 is 15.0 Å². The van der Waals surface area contributed by atoms with Crippen molar-refractivity contribution in [2.45, 2.75) is 25.1 Å². The van der Waals surface area contributed by atoms with E-state index in [4.69, 9.17) is 9.72 Å². The van der Waals surface area contributed by atoms with Crippen LogP contribution < -0.4 is 5.32 Å². The summed E-state index contributed by atoms with van der Waals surface area (Å²) >= 11 is 0. The second kappa shape index (κ2) is 6.63. The molecular formula is C21H20N4O2. The predicted octanol–water partition coefficient (Wildman–Crippen LogP) is 3.38. The first-order chi connectivity index (χ1) is 13.3. The number of amides is 1. The Morgan fingerprint density at radius 2 is 1.93 bits per heavy atom. The number of hydrogen-bond donors (Lipinski definition) is 1. The van der Waals surface area contributed by atoms with E-state index in [0.717, 1.165) is 41.9 Å². The Morgan fingerprint density at radius 1 is 1.11 bits per heavy atom. The van der Waals surface area contributed by atoms with Crippen LogP contribution in [-0.2, 0) is 4.74 Å². The van der Waals surface area contributed by atoms with Crippen LogP contribution in [0.1, 0.15) is 35.1 Å². The predicted molar refractivity (Wildman–Crippen MR) is 102 cm³/mol. The minimum atomic E-state index is -0.367. The van der Waals surface area contributed by atoms with Gasteiger partial charge >= 0.3 is 0 Å². The SMILES string of the molecule is O=C1c2ccccc2NC(c2cnc3ccccc3n2)N1CC1CCCO1. The largest absolute Gasteiger partial charge is 0.376 e. The number of fused-ring (bicyclic) bond motifs is 2. The molecule has 5 rings (SSSR count). The lowest BCUT2D eigenvalue weighted by Crippen LogP contribution is -2.46. The Bertz CT molecular complexity index is 1000. The number of anilines is 1. The fourth-order valence-electron chi connectivity index (χ4n) is 3.83. The zero-order valence-corrected chi connectivity index (χ0v) is 14.8. The van der Waals surface area contributed by atoms with Gasteiger partial charge in [0, 0.05) is 18.8 Å². The minimum Gasteiger partial charge on any atom is -0.376 e. The van der Waals surface area contributed by atoms with Crippen LogP contribution in [0, 0.1) is 0 Å². The highest BCUT2D eigenvalue weighted by Gasteiger charge is 2.36. The highest BCUT2D eigenvalue weighted by Crippen LogP contribution is 2.33. The molecule has 3 heterocycles. The number of benzene rings is 2. The molecule has 6 heteroatoms. The molecule has 2 unspecified atom stereocenters. The van der Waals surface area contributed by atoms with Gasteiger partial charge in [0.05, 0.1) is 28.9 Å². The number of aromatic nitrogens is 2. The van der Waals surface area contributed by atoms with Crippen LogP contribution >= 0.6 is 0 Å². The molecule has 0 spiro atoms. The highest BCUT2D eigenvalue weighted by atomic mass is 16.5. The Morgan fingerprint density at radius 3 is 2.78 bits per heavy atom. The third kappa shape index (κ3) is 2.92. The van der Waals surface area contributed by atoms with Crippen molar-refractivity contribution in [3.05, 3.63) is 66.0 Å². The molecule has 0 aliphatic carbocycles. The second-order valence-electron chi connectivity index (χ2n) is 6.97. The van der Waals surface area contributed by atoms with Crippen LogP contribution in [0.15, 0.2) is 54.7 Å². The normalized spacial score (nSPS) is 21.9. The van der Waals surface area contributed by atoms with E-state index in [2.05, 4.69) is 10.3 Å². The van der Waals surface area contributed by atoms with Crippen LogP contribution in [0.5, 0.6) is 0 Å². The van der Waals surface area contributed by atoms with Crippen LogP contribution in [0.4, 0.5) is 5.69 Å². The summed E-state index contributed by atoms with van der Waals surface area (Å²) < 4.78 is 5.79. The van der Waals surface area contributed by atoms with Crippen LogP contribution in [0.3, 0.4) is 0 Å². The summed E-state index contributed by atoms with van der Waals surface area (Å²) in [5, 5.41) is 3.48. The molecule has 1 fully saturated rings. The summed E-state index contributed by atoms with van der Waals surface area (Å²) in [7, 11) is 0. The fourth-order valence-corrected chi connectivity index (χ4v) is 3.83. The summed E-state index contributed by atoms with van der Waals surface area (Å²) in [5.74, 6) is -0.000177. The van der Waals surface area contributed by atoms with Gasteiger partial charge in [0.15, 0.2) is 0 Å². The lowest BCUT2D eigenvalue weighted by atomic mass is 10.1. The molecule has 1 saturated heterocycles. The molecule has 0 radical (unpaired) electrons. The summed E-state index contributed by atoms with van der Waals surface area (Å²) in [6, 6.07) is 15.4. The summed E-state index contributed by atoms with van der Waals surface area (Å²) in [5.41, 5.74) is 3.90. The van der Waals surface area contributed by atoms with E-state index >= 15 is 0 Å². The molecule has 136 valence electrons. The van der Waals surface area contributed by atoms with Crippen LogP contribution in [0.2, 0.25) is 0 Å². The number of hydrogen-bond acceptors (Lipinski definition) is 5. The van der Waals surface area contributed by atoms with Crippen molar-refractivity contribution >= 4 is 22.6 Å². The van der Waals surface area contributed by atoms with Gasteiger partial charge in [0.1, 0.15) is 11.9 Å². The molecule has 6 nitrogen and oxygen atoms in total. The van der Waals surface area contributed by atoms with Crippen LogP contribution in [-0.4, -0.2) is 40.0 Å². The zero-order chi connectivity index (χ0) is 18.2. The maximum absolute atomic E-state index is 13.2. The lowest BCUT2D eigenvalue weighted by molar-refractivity contribution is 0.0422. The molecule has 27 heavy (non-hydrogen) atoms. The van der Waals surface area contributed by atoms with Crippen molar-refractivity contribution in [2.24, 2.45) is 0 Å². The van der Waals surface area contributed by atoms with E-state index in [9.17, 15) is 4.79 Å². The van der Waals surface area contributed by atoms with Crippen LogP contribution in [0.25, 0.3) is 11.0 Å². The average Bonchev–Trinajstić information content (AvgIpc) is 3.23. The number of ether oxygens (including phenoxy) is 1. The topological polar surface area (TPSA) is 67.4 Å². The first-order valence-corrected chi connectivity index (χ1v) is 9.29. The third-order valence-electron chi connectivity index (χ3n) is 5.19. The molecule has 2 aliphatic rings. The Kier molecular flexibility index (Phi) is 3.98. The molecule has 2 aromatic carbocycles. The van der Waals surface area contributed by atoms with Crippen molar-refractivity contribution in [2.75, 3.05) is 18.5 Å². The number of nitrogens with one attached hydrogen (secondary N) is 1. The van der Waals surface area contributed by atoms with Crippen molar-refractivity contribution < 1.29 is 9.53 Å². The van der Waals surface area contributed by atoms with Gasteiger partial charge in [0.25, 0.3) is 5.91 Å². The summed E-state index contributed by atoms with van der Waals surface area (Å²) in [4.78, 5) is 24.4. The summed E-state index contributed by atoms with van der Waals surface area (Å²) in [6.45, 7) is 1.30. The Balaban J connectivity index is 1.56. The number of carbonyl (C=O) groups excluding carboxylic acids is 1. The molecule has 1 N–H and O–H groups in total. The maximum atomic E-state index is 13.2. The van der Waals surface area contributed by atoms with E-state index in [1.54, 1.807) is 6.20 Å². The molecule has 2 aliphatic heterocycles. The van der Waals surface area contributed by atoms with Gasteiger partial charge in [0.2, 0.25) is 0 Å². The molecular weight excluding hydrogens is 340 g/mol. The molecule has 0 saturated carbocycles. The number of nitrogens with zero attached hydrogens (tertiary/aromatic N) is 3. The highest BCUT2D eigenvalue weighted by molar-refractivity contribution is 6.01. The molecule has 3 aromatic rings. The lowest BCUT2D eigenvalue weighted by Gasteiger charge is -2.38. The smallest absolute Gasteiger partial charge is 0.257 e. The first-order valence-electron chi connectivity index (χ1n) is 9.29. The third-order valence-corrected chi connectivity index (χ3v) is 5.19. The van der Waals surface area contributed by atoms with Crippen molar-refractivity contribution in [1.82, 2.24) is 14.9 Å².